The van der Waals surface area contributed by atoms with Crippen LogP contribution >= 0.6 is 0 Å². The molecule has 0 unspecified atom stereocenters. The Labute approximate surface area is 181 Å². The average Bonchev–Trinajstić information content (AvgIpc) is 3.04. The minimum atomic E-state index is -0.965. The molecule has 0 radical (unpaired) electrons. The van der Waals surface area contributed by atoms with Crippen LogP contribution in [0.3, 0.4) is 0 Å². The molecule has 3 amide bonds. The first-order valence-electron chi connectivity index (χ1n) is 10.7. The molecule has 3 aliphatic rings. The monoisotopic (exact) mass is 425 g/mol. The highest BCUT2D eigenvalue weighted by Gasteiger charge is 2.48. The molecule has 4 rings (SSSR count). The van der Waals surface area contributed by atoms with E-state index in [1.807, 2.05) is 42.5 Å². The number of para-hydroxylation sites is 1. The molecule has 8 nitrogen and oxygen atoms in total. The lowest BCUT2D eigenvalue weighted by atomic mass is 9.85. The Balaban J connectivity index is 1.27. The SMILES string of the molecule is C[C@H](OC(=O)CN1C(=O)[C@H]2CC=CC[C@H]2C1=O)C(=O)N1CCN(c2ccccc2)CC1. The van der Waals surface area contributed by atoms with Crippen molar-refractivity contribution >= 4 is 29.4 Å². The quantitative estimate of drug-likeness (QED) is 0.401. The number of amides is 3. The van der Waals surface area contributed by atoms with Crippen molar-refractivity contribution in [3.05, 3.63) is 42.5 Å². The van der Waals surface area contributed by atoms with Gasteiger partial charge in [-0.05, 0) is 31.9 Å². The number of piperazine rings is 1. The van der Waals surface area contributed by atoms with E-state index in [2.05, 4.69) is 4.90 Å². The largest absolute Gasteiger partial charge is 0.451 e. The number of likely N-dealkylation sites (tertiary alicyclic amines) is 1. The highest BCUT2D eigenvalue weighted by molar-refractivity contribution is 6.07. The fourth-order valence-corrected chi connectivity index (χ4v) is 4.52. The van der Waals surface area contributed by atoms with E-state index >= 15 is 0 Å². The molecule has 164 valence electrons. The van der Waals surface area contributed by atoms with Gasteiger partial charge in [-0.2, -0.15) is 0 Å². The molecule has 2 fully saturated rings. The standard InChI is InChI=1S/C23H27N3O5/c1-16(21(28)25-13-11-24(12-14-25)17-7-3-2-4-8-17)31-20(27)15-26-22(29)18-9-5-6-10-19(18)23(26)30/h2-8,16,18-19H,9-15H2,1H3/t16-,18-,19+/m0/s1. The van der Waals surface area contributed by atoms with Crippen LogP contribution in [0.2, 0.25) is 0 Å². The van der Waals surface area contributed by atoms with E-state index < -0.39 is 18.6 Å². The van der Waals surface area contributed by atoms with Crippen LogP contribution in [-0.2, 0) is 23.9 Å². The second-order valence-corrected chi connectivity index (χ2v) is 8.20. The molecular formula is C23H27N3O5. The molecule has 2 aliphatic heterocycles. The zero-order chi connectivity index (χ0) is 22.0. The Kier molecular flexibility index (Phi) is 6.06. The summed E-state index contributed by atoms with van der Waals surface area (Å²) in [5.74, 6) is -2.43. The second-order valence-electron chi connectivity index (χ2n) is 8.20. The molecule has 0 saturated carbocycles. The Bertz CT molecular complexity index is 866. The molecule has 3 atom stereocenters. The fourth-order valence-electron chi connectivity index (χ4n) is 4.52. The van der Waals surface area contributed by atoms with Gasteiger partial charge in [-0.15, -0.1) is 0 Å². The van der Waals surface area contributed by atoms with Crippen molar-refractivity contribution in [1.82, 2.24) is 9.80 Å². The zero-order valence-corrected chi connectivity index (χ0v) is 17.6. The number of carbonyl (C=O) groups is 4. The summed E-state index contributed by atoms with van der Waals surface area (Å²) < 4.78 is 5.28. The summed E-state index contributed by atoms with van der Waals surface area (Å²) in [6.07, 6.45) is 3.86. The summed E-state index contributed by atoms with van der Waals surface area (Å²) in [5.41, 5.74) is 1.12. The third-order valence-electron chi connectivity index (χ3n) is 6.25. The van der Waals surface area contributed by atoms with Crippen LogP contribution in [0.5, 0.6) is 0 Å². The van der Waals surface area contributed by atoms with Crippen molar-refractivity contribution in [3.63, 3.8) is 0 Å². The molecule has 0 N–H and O–H groups in total. The lowest BCUT2D eigenvalue weighted by Crippen LogP contribution is -2.52. The van der Waals surface area contributed by atoms with Gasteiger partial charge in [-0.25, -0.2) is 0 Å². The van der Waals surface area contributed by atoms with Gasteiger partial charge in [0, 0.05) is 31.9 Å². The third-order valence-corrected chi connectivity index (χ3v) is 6.25. The summed E-state index contributed by atoms with van der Waals surface area (Å²) in [6.45, 7) is 3.56. The fraction of sp³-hybridized carbons (Fsp3) is 0.478. The first-order valence-corrected chi connectivity index (χ1v) is 10.7. The Morgan fingerprint density at radius 2 is 1.55 bits per heavy atom. The third kappa shape index (κ3) is 4.33. The number of benzene rings is 1. The number of nitrogens with zero attached hydrogens (tertiary/aromatic N) is 3. The summed E-state index contributed by atoms with van der Waals surface area (Å²) in [6, 6.07) is 10.0. The Morgan fingerprint density at radius 1 is 0.968 bits per heavy atom. The smallest absolute Gasteiger partial charge is 0.326 e. The van der Waals surface area contributed by atoms with E-state index in [1.54, 1.807) is 4.90 Å². The van der Waals surface area contributed by atoms with Crippen LogP contribution in [-0.4, -0.2) is 72.3 Å². The van der Waals surface area contributed by atoms with Crippen molar-refractivity contribution in [2.24, 2.45) is 11.8 Å². The Hall–Kier alpha value is -3.16. The van der Waals surface area contributed by atoms with Crippen molar-refractivity contribution < 1.29 is 23.9 Å². The van der Waals surface area contributed by atoms with E-state index in [0.717, 1.165) is 10.6 Å². The molecule has 1 aromatic carbocycles. The minimum absolute atomic E-state index is 0.266. The lowest BCUT2D eigenvalue weighted by molar-refractivity contribution is -0.162. The van der Waals surface area contributed by atoms with Gasteiger partial charge in [0.25, 0.3) is 5.91 Å². The number of carbonyl (C=O) groups excluding carboxylic acids is 4. The van der Waals surface area contributed by atoms with Crippen LogP contribution in [0.1, 0.15) is 19.8 Å². The van der Waals surface area contributed by atoms with Gasteiger partial charge in [0.05, 0.1) is 11.8 Å². The van der Waals surface area contributed by atoms with E-state index in [0.29, 0.717) is 39.0 Å². The molecule has 1 aliphatic carbocycles. The first kappa shape index (κ1) is 21.1. The molecule has 8 heteroatoms. The number of ether oxygens (including phenoxy) is 1. The number of hydrogen-bond donors (Lipinski definition) is 0. The Morgan fingerprint density at radius 3 is 2.13 bits per heavy atom. The zero-order valence-electron chi connectivity index (χ0n) is 17.6. The first-order chi connectivity index (χ1) is 15.0. The van der Waals surface area contributed by atoms with Crippen LogP contribution in [0.15, 0.2) is 42.5 Å². The maximum absolute atomic E-state index is 12.7. The summed E-state index contributed by atoms with van der Waals surface area (Å²) in [7, 11) is 0. The predicted molar refractivity (Wildman–Crippen MR) is 113 cm³/mol. The molecule has 1 aromatic rings. The van der Waals surface area contributed by atoms with Crippen molar-refractivity contribution in [2.45, 2.75) is 25.9 Å². The maximum Gasteiger partial charge on any atom is 0.326 e. The summed E-state index contributed by atoms with van der Waals surface area (Å²) in [5, 5.41) is 0. The normalized spacial score (nSPS) is 24.2. The van der Waals surface area contributed by atoms with Crippen molar-refractivity contribution in [1.29, 1.82) is 0 Å². The second kappa shape index (κ2) is 8.91. The van der Waals surface area contributed by atoms with Gasteiger partial charge < -0.3 is 14.5 Å². The molecule has 31 heavy (non-hydrogen) atoms. The summed E-state index contributed by atoms with van der Waals surface area (Å²) in [4.78, 5) is 54.9. The van der Waals surface area contributed by atoms with E-state index in [9.17, 15) is 19.2 Å². The highest BCUT2D eigenvalue weighted by Crippen LogP contribution is 2.34. The van der Waals surface area contributed by atoms with Gasteiger partial charge in [0.1, 0.15) is 6.54 Å². The number of imide groups is 1. The molecule has 0 aromatic heterocycles. The number of rotatable bonds is 5. The lowest BCUT2D eigenvalue weighted by Gasteiger charge is -2.37. The van der Waals surface area contributed by atoms with Crippen LogP contribution in [0, 0.1) is 11.8 Å². The number of esters is 1. The number of hydrogen-bond acceptors (Lipinski definition) is 6. The highest BCUT2D eigenvalue weighted by atomic mass is 16.5. The van der Waals surface area contributed by atoms with E-state index in [4.69, 9.17) is 4.74 Å². The van der Waals surface area contributed by atoms with Gasteiger partial charge in [0.2, 0.25) is 11.8 Å². The van der Waals surface area contributed by atoms with Gasteiger partial charge >= 0.3 is 5.97 Å². The number of allylic oxidation sites excluding steroid dienone is 2. The van der Waals surface area contributed by atoms with E-state index in [-0.39, 0.29) is 29.6 Å². The molecule has 2 saturated heterocycles. The van der Waals surface area contributed by atoms with Gasteiger partial charge in [-0.3, -0.25) is 24.1 Å². The van der Waals surface area contributed by atoms with Gasteiger partial charge in [-0.1, -0.05) is 30.4 Å². The molecule has 0 spiro atoms. The minimum Gasteiger partial charge on any atom is -0.451 e. The van der Waals surface area contributed by atoms with Crippen LogP contribution in [0.25, 0.3) is 0 Å². The molecule has 0 bridgehead atoms. The predicted octanol–water partition coefficient (Wildman–Crippen LogP) is 1.22. The number of fused-ring (bicyclic) bond motifs is 1. The van der Waals surface area contributed by atoms with Crippen LogP contribution in [0.4, 0.5) is 5.69 Å². The van der Waals surface area contributed by atoms with Gasteiger partial charge in [0.15, 0.2) is 6.10 Å². The number of anilines is 1. The topological polar surface area (TPSA) is 87.2 Å². The average molecular weight is 425 g/mol. The summed E-state index contributed by atoms with van der Waals surface area (Å²) >= 11 is 0. The van der Waals surface area contributed by atoms with Crippen LogP contribution < -0.4 is 4.90 Å². The maximum atomic E-state index is 12.7. The molecule has 2 heterocycles. The van der Waals surface area contributed by atoms with E-state index in [1.165, 1.54) is 6.92 Å². The molecular weight excluding hydrogens is 398 g/mol. The van der Waals surface area contributed by atoms with Crippen molar-refractivity contribution in [2.75, 3.05) is 37.6 Å². The van der Waals surface area contributed by atoms with Crippen molar-refractivity contribution in [3.8, 4) is 0 Å².